The van der Waals surface area contributed by atoms with Crippen molar-refractivity contribution in [3.8, 4) is 0 Å². The predicted molar refractivity (Wildman–Crippen MR) is 128 cm³/mol. The number of hydrogen-bond acceptors (Lipinski definition) is 7. The smallest absolute Gasteiger partial charge is 0.195 e. The molecule has 5 aromatic rings. The van der Waals surface area contributed by atoms with Crippen LogP contribution in [0.3, 0.4) is 0 Å². The lowest BCUT2D eigenvalue weighted by Gasteiger charge is -2.28. The van der Waals surface area contributed by atoms with Crippen molar-refractivity contribution >= 4 is 39.5 Å². The summed E-state index contributed by atoms with van der Waals surface area (Å²) in [6, 6.07) is 14.4. The van der Waals surface area contributed by atoms with Crippen molar-refractivity contribution in [2.45, 2.75) is 6.54 Å². The van der Waals surface area contributed by atoms with Crippen LogP contribution < -0.4 is 10.2 Å². The largest absolute Gasteiger partial charge is 0.378 e. The Bertz CT molecular complexity index is 1430. The number of nitrogens with zero attached hydrogens (tertiary/aromatic N) is 7. The molecule has 1 fully saturated rings. The summed E-state index contributed by atoms with van der Waals surface area (Å²) in [5.41, 5.74) is 4.85. The molecule has 9 heteroatoms. The van der Waals surface area contributed by atoms with Crippen LogP contribution in [0, 0.1) is 0 Å². The van der Waals surface area contributed by atoms with E-state index in [2.05, 4.69) is 54.1 Å². The topological polar surface area (TPSA) is 85.9 Å². The number of ether oxygens (including phenoxy) is 1. The number of aromatic nitrogens is 6. The quantitative estimate of drug-likeness (QED) is 0.449. The highest BCUT2D eigenvalue weighted by Gasteiger charge is 2.16. The molecule has 1 aliphatic heterocycles. The minimum atomic E-state index is 0.702. The standard InChI is InChI=1S/C24H24N8O/c1-30-23-24(32(30)16-17-4-5-20-18(13-17)3-2-7-25-20)29-21(15-27-23)28-19-6-8-26-22(14-19)31-9-11-33-12-10-31/h2-8,13-15H,9-12,16H2,1H3,(H,26,28,29). The predicted octanol–water partition coefficient (Wildman–Crippen LogP) is 3.34. The Morgan fingerprint density at radius 1 is 0.970 bits per heavy atom. The second-order valence-electron chi connectivity index (χ2n) is 8.14. The summed E-state index contributed by atoms with van der Waals surface area (Å²) in [5, 5.41) is 4.52. The van der Waals surface area contributed by atoms with Crippen molar-refractivity contribution in [3.05, 3.63) is 66.6 Å². The molecule has 0 aliphatic carbocycles. The molecule has 33 heavy (non-hydrogen) atoms. The van der Waals surface area contributed by atoms with Gasteiger partial charge in [0.25, 0.3) is 0 Å². The number of nitrogens with one attached hydrogen (secondary N) is 1. The summed E-state index contributed by atoms with van der Waals surface area (Å²) in [6.45, 7) is 3.87. The monoisotopic (exact) mass is 440 g/mol. The maximum absolute atomic E-state index is 5.45. The lowest BCUT2D eigenvalue weighted by Crippen LogP contribution is -2.36. The van der Waals surface area contributed by atoms with Crippen LogP contribution in [0.1, 0.15) is 5.56 Å². The Morgan fingerprint density at radius 3 is 2.79 bits per heavy atom. The van der Waals surface area contributed by atoms with Gasteiger partial charge in [-0.2, -0.15) is 0 Å². The number of benzene rings is 1. The van der Waals surface area contributed by atoms with Crippen LogP contribution in [-0.4, -0.2) is 55.6 Å². The Labute approximate surface area is 190 Å². The SMILES string of the molecule is Cn1c2ncc(Nc3ccnc(N4CCOCC4)c3)nc2n1Cc1ccc2ncccc2c1. The second kappa shape index (κ2) is 8.18. The summed E-state index contributed by atoms with van der Waals surface area (Å²) in [4.78, 5) is 20.6. The van der Waals surface area contributed by atoms with Crippen LogP contribution in [0.4, 0.5) is 17.3 Å². The molecule has 0 amide bonds. The average Bonchev–Trinajstić information content (AvgIpc) is 2.88. The van der Waals surface area contributed by atoms with Gasteiger partial charge in [-0.3, -0.25) is 14.3 Å². The highest BCUT2D eigenvalue weighted by molar-refractivity contribution is 5.79. The van der Waals surface area contributed by atoms with Crippen molar-refractivity contribution in [2.24, 2.45) is 7.05 Å². The van der Waals surface area contributed by atoms with Crippen LogP contribution >= 0.6 is 0 Å². The average molecular weight is 441 g/mol. The molecule has 5 heterocycles. The summed E-state index contributed by atoms with van der Waals surface area (Å²) in [6.07, 6.45) is 5.40. The van der Waals surface area contributed by atoms with Crippen molar-refractivity contribution < 1.29 is 4.74 Å². The fraction of sp³-hybridized carbons (Fsp3) is 0.250. The van der Waals surface area contributed by atoms with Gasteiger partial charge in [-0.25, -0.2) is 15.0 Å². The molecular formula is C24H24N8O. The van der Waals surface area contributed by atoms with E-state index in [1.54, 1.807) is 6.20 Å². The van der Waals surface area contributed by atoms with Gasteiger partial charge in [0.2, 0.25) is 0 Å². The fourth-order valence-corrected chi connectivity index (χ4v) is 4.23. The van der Waals surface area contributed by atoms with Gasteiger partial charge in [0.15, 0.2) is 17.1 Å². The number of hydrogen-bond donors (Lipinski definition) is 1. The number of anilines is 3. The third kappa shape index (κ3) is 3.76. The third-order valence-corrected chi connectivity index (χ3v) is 6.00. The van der Waals surface area contributed by atoms with Crippen LogP contribution in [-0.2, 0) is 18.3 Å². The summed E-state index contributed by atoms with van der Waals surface area (Å²) >= 11 is 0. The molecule has 1 aromatic carbocycles. The molecule has 0 atom stereocenters. The van der Waals surface area contributed by atoms with E-state index in [9.17, 15) is 0 Å². The van der Waals surface area contributed by atoms with E-state index < -0.39 is 0 Å². The summed E-state index contributed by atoms with van der Waals surface area (Å²) in [5.74, 6) is 1.64. The van der Waals surface area contributed by atoms with E-state index in [0.717, 1.165) is 60.0 Å². The van der Waals surface area contributed by atoms with E-state index in [-0.39, 0.29) is 0 Å². The van der Waals surface area contributed by atoms with Gasteiger partial charge in [-0.15, -0.1) is 0 Å². The molecular weight excluding hydrogens is 416 g/mol. The van der Waals surface area contributed by atoms with Crippen LogP contribution in [0.2, 0.25) is 0 Å². The lowest BCUT2D eigenvalue weighted by atomic mass is 10.1. The summed E-state index contributed by atoms with van der Waals surface area (Å²) < 4.78 is 9.60. The lowest BCUT2D eigenvalue weighted by molar-refractivity contribution is 0.122. The Morgan fingerprint density at radius 2 is 1.88 bits per heavy atom. The molecule has 0 saturated carbocycles. The van der Waals surface area contributed by atoms with Gasteiger partial charge in [-0.05, 0) is 29.8 Å². The van der Waals surface area contributed by atoms with Gasteiger partial charge in [0.1, 0.15) is 5.82 Å². The number of morpholine rings is 1. The van der Waals surface area contributed by atoms with Crippen molar-refractivity contribution in [3.63, 3.8) is 0 Å². The van der Waals surface area contributed by atoms with Gasteiger partial charge in [-0.1, -0.05) is 12.1 Å². The van der Waals surface area contributed by atoms with Crippen LogP contribution in [0.5, 0.6) is 0 Å². The van der Waals surface area contributed by atoms with Crippen LogP contribution in [0.25, 0.3) is 22.2 Å². The first kappa shape index (κ1) is 19.7. The first-order chi connectivity index (χ1) is 16.2. The molecule has 0 spiro atoms. The molecule has 1 saturated heterocycles. The second-order valence-corrected chi connectivity index (χ2v) is 8.14. The van der Waals surface area contributed by atoms with Gasteiger partial charge >= 0.3 is 0 Å². The molecule has 1 aliphatic rings. The van der Waals surface area contributed by atoms with E-state index in [0.29, 0.717) is 12.4 Å². The zero-order valence-electron chi connectivity index (χ0n) is 18.3. The maximum atomic E-state index is 5.45. The van der Waals surface area contributed by atoms with Crippen molar-refractivity contribution in [2.75, 3.05) is 36.5 Å². The Balaban J connectivity index is 1.25. The maximum Gasteiger partial charge on any atom is 0.195 e. The van der Waals surface area contributed by atoms with E-state index in [1.807, 2.05) is 42.3 Å². The van der Waals surface area contributed by atoms with E-state index in [4.69, 9.17) is 9.72 Å². The molecule has 4 aromatic heterocycles. The molecule has 0 radical (unpaired) electrons. The molecule has 1 N–H and O–H groups in total. The Kier molecular flexibility index (Phi) is 4.88. The van der Waals surface area contributed by atoms with Gasteiger partial charge in [0.05, 0.1) is 31.5 Å². The zero-order chi connectivity index (χ0) is 22.2. The number of aryl methyl sites for hydroxylation is 1. The normalized spacial score (nSPS) is 14.3. The number of rotatable bonds is 5. The molecule has 6 rings (SSSR count). The first-order valence-electron chi connectivity index (χ1n) is 11.0. The number of pyridine rings is 2. The zero-order valence-corrected chi connectivity index (χ0v) is 18.3. The fourth-order valence-electron chi connectivity index (χ4n) is 4.23. The Hall–Kier alpha value is -3.98. The molecule has 0 bridgehead atoms. The summed E-state index contributed by atoms with van der Waals surface area (Å²) in [7, 11) is 2.00. The molecule has 166 valence electrons. The van der Waals surface area contributed by atoms with Crippen molar-refractivity contribution in [1.29, 1.82) is 0 Å². The molecule has 0 unspecified atom stereocenters. The minimum Gasteiger partial charge on any atom is -0.378 e. The van der Waals surface area contributed by atoms with Gasteiger partial charge in [0, 0.05) is 49.7 Å². The highest BCUT2D eigenvalue weighted by atomic mass is 16.5. The first-order valence-corrected chi connectivity index (χ1v) is 11.0. The van der Waals surface area contributed by atoms with Gasteiger partial charge < -0.3 is 15.0 Å². The van der Waals surface area contributed by atoms with E-state index in [1.165, 1.54) is 5.56 Å². The number of fused-ring (bicyclic) bond motifs is 2. The third-order valence-electron chi connectivity index (χ3n) is 6.00. The van der Waals surface area contributed by atoms with Crippen molar-refractivity contribution in [1.82, 2.24) is 29.3 Å². The molecule has 9 nitrogen and oxygen atoms in total. The van der Waals surface area contributed by atoms with E-state index >= 15 is 0 Å². The van der Waals surface area contributed by atoms with Crippen LogP contribution in [0.15, 0.2) is 61.1 Å². The minimum absolute atomic E-state index is 0.702. The highest BCUT2D eigenvalue weighted by Crippen LogP contribution is 2.23.